The Bertz CT molecular complexity index is 1460. The van der Waals surface area contributed by atoms with Gasteiger partial charge in [-0.25, -0.2) is 19.9 Å². The van der Waals surface area contributed by atoms with E-state index in [4.69, 9.17) is 16.6 Å². The van der Waals surface area contributed by atoms with Gasteiger partial charge in [0.05, 0.1) is 34.5 Å². The van der Waals surface area contributed by atoms with Crippen LogP contribution in [0.25, 0.3) is 27.8 Å². The van der Waals surface area contributed by atoms with Crippen LogP contribution in [-0.4, -0.2) is 29.5 Å². The van der Waals surface area contributed by atoms with Gasteiger partial charge in [-0.05, 0) is 30.7 Å². The number of rotatable bonds is 4. The minimum atomic E-state index is -0.217. The summed E-state index contributed by atoms with van der Waals surface area (Å²) < 4.78 is 1.60. The molecule has 2 N–H and O–H groups in total. The molecule has 5 rings (SSSR count). The lowest BCUT2D eigenvalue weighted by Gasteiger charge is -2.16. The highest BCUT2D eigenvalue weighted by molar-refractivity contribution is 6.35. The zero-order valence-electron chi connectivity index (χ0n) is 15.9. The molecule has 0 amide bonds. The van der Waals surface area contributed by atoms with Crippen molar-refractivity contribution in [2.45, 2.75) is 13.5 Å². The molecule has 3 aromatic heterocycles. The molecule has 30 heavy (non-hydrogen) atoms. The van der Waals surface area contributed by atoms with Crippen molar-refractivity contribution in [2.75, 3.05) is 5.32 Å². The zero-order valence-corrected chi connectivity index (χ0v) is 16.7. The van der Waals surface area contributed by atoms with Crippen molar-refractivity contribution in [2.24, 2.45) is 0 Å². The number of aryl methyl sites for hydroxylation is 1. The molecule has 0 aliphatic heterocycles. The number of fused-ring (bicyclic) bond motifs is 2. The van der Waals surface area contributed by atoms with Crippen LogP contribution in [0.2, 0.25) is 5.02 Å². The Hall–Kier alpha value is -3.78. The number of halogens is 1. The van der Waals surface area contributed by atoms with E-state index in [0.29, 0.717) is 38.7 Å². The van der Waals surface area contributed by atoms with E-state index in [1.807, 2.05) is 31.2 Å². The van der Waals surface area contributed by atoms with Gasteiger partial charge >= 0.3 is 0 Å². The van der Waals surface area contributed by atoms with Gasteiger partial charge in [-0.15, -0.1) is 0 Å². The van der Waals surface area contributed by atoms with Gasteiger partial charge in [0.2, 0.25) is 0 Å². The van der Waals surface area contributed by atoms with Crippen LogP contribution in [0, 0.1) is 6.92 Å². The number of benzene rings is 2. The normalized spacial score (nSPS) is 11.3. The van der Waals surface area contributed by atoms with Crippen LogP contribution >= 0.6 is 11.6 Å². The topological polar surface area (TPSA) is 101 Å². The number of hydrogen-bond donors (Lipinski definition) is 2. The molecule has 0 saturated heterocycles. The Labute approximate surface area is 175 Å². The molecule has 2 aromatic carbocycles. The lowest BCUT2D eigenvalue weighted by atomic mass is 10.1. The molecule has 0 radical (unpaired) electrons. The number of anilines is 1. The summed E-state index contributed by atoms with van der Waals surface area (Å²) in [5.74, 6) is 1.12. The molecule has 9 heteroatoms. The largest absolute Gasteiger partial charge is 0.361 e. The number of para-hydroxylation sites is 1. The van der Waals surface area contributed by atoms with Gasteiger partial charge in [-0.1, -0.05) is 35.9 Å². The van der Waals surface area contributed by atoms with Gasteiger partial charge in [-0.2, -0.15) is 0 Å². The summed E-state index contributed by atoms with van der Waals surface area (Å²) >= 11 is 6.34. The maximum atomic E-state index is 13.5. The third-order valence-corrected chi connectivity index (χ3v) is 5.22. The summed E-state index contributed by atoms with van der Waals surface area (Å²) in [4.78, 5) is 33.8. The lowest BCUT2D eigenvalue weighted by molar-refractivity contribution is 0.832. The van der Waals surface area contributed by atoms with Crippen molar-refractivity contribution in [3.8, 4) is 5.69 Å². The van der Waals surface area contributed by atoms with Gasteiger partial charge in [0.15, 0.2) is 11.5 Å². The van der Waals surface area contributed by atoms with Crippen molar-refractivity contribution >= 4 is 39.5 Å². The Morgan fingerprint density at radius 1 is 1.10 bits per heavy atom. The Kier molecular flexibility index (Phi) is 4.40. The molecule has 0 fully saturated rings. The van der Waals surface area contributed by atoms with Crippen LogP contribution < -0.4 is 10.9 Å². The molecular formula is C21H16ClN7O. The third-order valence-electron chi connectivity index (χ3n) is 4.91. The van der Waals surface area contributed by atoms with E-state index in [0.717, 1.165) is 11.3 Å². The average Bonchev–Trinajstić information content (AvgIpc) is 3.22. The minimum Gasteiger partial charge on any atom is -0.361 e. The quantitative estimate of drug-likeness (QED) is 0.463. The Morgan fingerprint density at radius 3 is 2.83 bits per heavy atom. The average molecular weight is 418 g/mol. The fourth-order valence-corrected chi connectivity index (χ4v) is 3.73. The van der Waals surface area contributed by atoms with Gasteiger partial charge in [0.25, 0.3) is 5.56 Å². The van der Waals surface area contributed by atoms with Gasteiger partial charge < -0.3 is 10.3 Å². The second-order valence-corrected chi connectivity index (χ2v) is 7.17. The predicted molar refractivity (Wildman–Crippen MR) is 116 cm³/mol. The first-order valence-electron chi connectivity index (χ1n) is 9.27. The summed E-state index contributed by atoms with van der Waals surface area (Å²) in [5.41, 5.74) is 3.28. The van der Waals surface area contributed by atoms with Crippen LogP contribution in [0.5, 0.6) is 0 Å². The fraction of sp³-hybridized carbons (Fsp3) is 0.0952. The molecule has 0 atom stereocenters. The van der Waals surface area contributed by atoms with Crippen LogP contribution in [0.4, 0.5) is 5.82 Å². The number of nitrogens with one attached hydrogen (secondary N) is 2. The van der Waals surface area contributed by atoms with Gasteiger partial charge in [0, 0.05) is 0 Å². The zero-order chi connectivity index (χ0) is 20.7. The minimum absolute atomic E-state index is 0.217. The standard InChI is InChI=1S/C21H16ClN7O/c1-12-5-2-3-8-15(12)29-16(28-14-7-4-6-13(22)17(14)21(29)30)9-23-19-18-20(25-10-24-18)27-11-26-19/h2-8,10-11H,9H2,1H3,(H2,23,24,25,26,27). The molecule has 0 aliphatic rings. The monoisotopic (exact) mass is 417 g/mol. The third kappa shape index (κ3) is 2.98. The van der Waals surface area contributed by atoms with Crippen molar-refractivity contribution in [3.63, 3.8) is 0 Å². The van der Waals surface area contributed by atoms with Gasteiger partial charge in [-0.3, -0.25) is 9.36 Å². The van der Waals surface area contributed by atoms with Crippen LogP contribution in [0.3, 0.4) is 0 Å². The molecule has 148 valence electrons. The maximum Gasteiger partial charge on any atom is 0.267 e. The Balaban J connectivity index is 1.69. The molecule has 8 nitrogen and oxygen atoms in total. The Morgan fingerprint density at radius 2 is 1.97 bits per heavy atom. The SMILES string of the molecule is Cc1ccccc1-n1c(CNc2ncnc3nc[nH]c23)nc2cccc(Cl)c2c1=O. The molecular weight excluding hydrogens is 402 g/mol. The van der Waals surface area contributed by atoms with E-state index in [1.54, 1.807) is 29.1 Å². The summed E-state index contributed by atoms with van der Waals surface area (Å²) in [6.07, 6.45) is 3.00. The van der Waals surface area contributed by atoms with Crippen LogP contribution in [0.1, 0.15) is 11.4 Å². The highest BCUT2D eigenvalue weighted by Gasteiger charge is 2.16. The van der Waals surface area contributed by atoms with Crippen molar-refractivity contribution in [3.05, 3.63) is 81.9 Å². The van der Waals surface area contributed by atoms with E-state index in [-0.39, 0.29) is 12.1 Å². The molecule has 0 bridgehead atoms. The molecule has 0 saturated carbocycles. The fourth-order valence-electron chi connectivity index (χ4n) is 3.48. The van der Waals surface area contributed by atoms with Crippen molar-refractivity contribution < 1.29 is 0 Å². The van der Waals surface area contributed by atoms with Crippen LogP contribution in [-0.2, 0) is 6.54 Å². The number of nitrogens with zero attached hydrogens (tertiary/aromatic N) is 5. The van der Waals surface area contributed by atoms with E-state index >= 15 is 0 Å². The summed E-state index contributed by atoms with van der Waals surface area (Å²) in [7, 11) is 0. The number of aromatic nitrogens is 6. The number of hydrogen-bond acceptors (Lipinski definition) is 6. The molecule has 0 unspecified atom stereocenters. The highest BCUT2D eigenvalue weighted by Crippen LogP contribution is 2.22. The molecule has 0 spiro atoms. The summed E-state index contributed by atoms with van der Waals surface area (Å²) in [5, 5.41) is 4.02. The first kappa shape index (κ1) is 18.3. The lowest BCUT2D eigenvalue weighted by Crippen LogP contribution is -2.26. The second kappa shape index (κ2) is 7.23. The number of aromatic amines is 1. The predicted octanol–water partition coefficient (Wildman–Crippen LogP) is 3.63. The van der Waals surface area contributed by atoms with E-state index in [1.165, 1.54) is 6.33 Å². The maximum absolute atomic E-state index is 13.5. The highest BCUT2D eigenvalue weighted by atomic mass is 35.5. The van der Waals surface area contributed by atoms with E-state index in [9.17, 15) is 4.79 Å². The first-order chi connectivity index (χ1) is 14.6. The number of H-pyrrole nitrogens is 1. The van der Waals surface area contributed by atoms with Crippen LogP contribution in [0.15, 0.2) is 59.9 Å². The summed E-state index contributed by atoms with van der Waals surface area (Å²) in [6, 6.07) is 12.9. The molecule has 5 aromatic rings. The van der Waals surface area contributed by atoms with E-state index < -0.39 is 0 Å². The van der Waals surface area contributed by atoms with Crippen molar-refractivity contribution in [1.29, 1.82) is 0 Å². The first-order valence-corrected chi connectivity index (χ1v) is 9.65. The molecule has 3 heterocycles. The smallest absolute Gasteiger partial charge is 0.267 e. The summed E-state index contributed by atoms with van der Waals surface area (Å²) in [6.45, 7) is 2.21. The van der Waals surface area contributed by atoms with E-state index in [2.05, 4.69) is 25.3 Å². The van der Waals surface area contributed by atoms with Gasteiger partial charge in [0.1, 0.15) is 17.7 Å². The van der Waals surface area contributed by atoms with Crippen molar-refractivity contribution in [1.82, 2.24) is 29.5 Å². The number of imidazole rings is 1. The molecule has 0 aliphatic carbocycles. The second-order valence-electron chi connectivity index (χ2n) is 6.77.